The van der Waals surface area contributed by atoms with Crippen molar-refractivity contribution < 1.29 is 17.7 Å². The molecular weight excluding hydrogens is 299 g/mol. The zero-order chi connectivity index (χ0) is 15.6. The summed E-state index contributed by atoms with van der Waals surface area (Å²) in [7, 11) is -4.02. The lowest BCUT2D eigenvalue weighted by Crippen LogP contribution is -2.13. The van der Waals surface area contributed by atoms with Gasteiger partial charge in [0.05, 0.1) is 15.5 Å². The van der Waals surface area contributed by atoms with Crippen molar-refractivity contribution in [2.75, 3.05) is 4.72 Å². The molecule has 0 heterocycles. The van der Waals surface area contributed by atoms with Crippen molar-refractivity contribution in [1.82, 2.24) is 0 Å². The molecule has 21 heavy (non-hydrogen) atoms. The number of anilines is 1. The number of hydrogen-bond donors (Lipinski definition) is 1. The summed E-state index contributed by atoms with van der Waals surface area (Å²) >= 11 is 0. The average Bonchev–Trinajstić information content (AvgIpc) is 2.43. The van der Waals surface area contributed by atoms with Gasteiger partial charge in [0.25, 0.3) is 15.7 Å². The second-order valence-electron chi connectivity index (χ2n) is 4.32. The molecule has 1 N–H and O–H groups in total. The minimum absolute atomic E-state index is 0.0459. The van der Waals surface area contributed by atoms with Gasteiger partial charge in [0.15, 0.2) is 0 Å². The van der Waals surface area contributed by atoms with Crippen molar-refractivity contribution in [1.29, 1.82) is 0 Å². The second kappa shape index (κ2) is 5.49. The SMILES string of the molecule is Cc1ccc(NS(=O)(=O)c2cccc([N+](=O)[O-])c2)cc1F. The van der Waals surface area contributed by atoms with Crippen molar-refractivity contribution in [3.8, 4) is 0 Å². The predicted octanol–water partition coefficient (Wildman–Crippen LogP) is 2.84. The maximum Gasteiger partial charge on any atom is 0.270 e. The van der Waals surface area contributed by atoms with Gasteiger partial charge >= 0.3 is 0 Å². The van der Waals surface area contributed by atoms with Crippen LogP contribution in [0.1, 0.15) is 5.56 Å². The topological polar surface area (TPSA) is 89.3 Å². The third-order valence-corrected chi connectivity index (χ3v) is 4.14. The fourth-order valence-electron chi connectivity index (χ4n) is 1.63. The van der Waals surface area contributed by atoms with Crippen LogP contribution in [0.15, 0.2) is 47.4 Å². The van der Waals surface area contributed by atoms with E-state index in [0.29, 0.717) is 5.56 Å². The Bertz CT molecular complexity index is 806. The molecule has 0 amide bonds. The third kappa shape index (κ3) is 3.34. The lowest BCUT2D eigenvalue weighted by Gasteiger charge is -2.08. The van der Waals surface area contributed by atoms with Crippen LogP contribution < -0.4 is 4.72 Å². The Labute approximate surface area is 120 Å². The standard InChI is InChI=1S/C13H11FN2O4S/c1-9-5-6-10(7-13(9)14)15-21(19,20)12-4-2-3-11(8-12)16(17)18/h2-8,15H,1H3. The quantitative estimate of drug-likeness (QED) is 0.694. The van der Waals surface area contributed by atoms with Gasteiger partial charge in [0.2, 0.25) is 0 Å². The highest BCUT2D eigenvalue weighted by Gasteiger charge is 2.18. The molecule has 8 heteroatoms. The van der Waals surface area contributed by atoms with Gasteiger partial charge in [-0.15, -0.1) is 0 Å². The lowest BCUT2D eigenvalue weighted by molar-refractivity contribution is -0.385. The lowest BCUT2D eigenvalue weighted by atomic mass is 10.2. The molecule has 0 fully saturated rings. The maximum absolute atomic E-state index is 13.4. The van der Waals surface area contributed by atoms with E-state index in [1.54, 1.807) is 6.92 Å². The Morgan fingerprint density at radius 3 is 2.52 bits per heavy atom. The summed E-state index contributed by atoms with van der Waals surface area (Å²) in [4.78, 5) is 9.71. The molecule has 0 spiro atoms. The van der Waals surface area contributed by atoms with E-state index in [0.717, 1.165) is 12.1 Å². The molecule has 0 saturated heterocycles. The maximum atomic E-state index is 13.4. The number of nitro groups is 1. The van der Waals surface area contributed by atoms with Crippen molar-refractivity contribution in [2.24, 2.45) is 0 Å². The van der Waals surface area contributed by atoms with Crippen LogP contribution in [-0.4, -0.2) is 13.3 Å². The van der Waals surface area contributed by atoms with Crippen molar-refractivity contribution in [2.45, 2.75) is 11.8 Å². The molecule has 2 aromatic rings. The van der Waals surface area contributed by atoms with Gasteiger partial charge in [-0.05, 0) is 30.7 Å². The van der Waals surface area contributed by atoms with Gasteiger partial charge in [-0.1, -0.05) is 12.1 Å². The fourth-order valence-corrected chi connectivity index (χ4v) is 2.72. The number of non-ortho nitro benzene ring substituents is 1. The second-order valence-corrected chi connectivity index (χ2v) is 6.01. The number of benzene rings is 2. The molecule has 2 aromatic carbocycles. The number of nitrogens with one attached hydrogen (secondary N) is 1. The van der Waals surface area contributed by atoms with E-state index in [4.69, 9.17) is 0 Å². The highest BCUT2D eigenvalue weighted by Crippen LogP contribution is 2.21. The number of nitrogens with zero attached hydrogens (tertiary/aromatic N) is 1. The Hall–Kier alpha value is -2.48. The molecule has 0 aliphatic rings. The minimum atomic E-state index is -4.02. The summed E-state index contributed by atoms with van der Waals surface area (Å²) in [6.45, 7) is 1.55. The zero-order valence-corrected chi connectivity index (χ0v) is 11.7. The van der Waals surface area contributed by atoms with Crippen LogP contribution in [0, 0.1) is 22.9 Å². The van der Waals surface area contributed by atoms with E-state index >= 15 is 0 Å². The molecule has 0 radical (unpaired) electrons. The molecule has 0 bridgehead atoms. The first kappa shape index (κ1) is 14.9. The average molecular weight is 310 g/mol. The molecule has 0 aliphatic heterocycles. The van der Waals surface area contributed by atoms with E-state index in [9.17, 15) is 22.9 Å². The number of aryl methyl sites for hydroxylation is 1. The zero-order valence-electron chi connectivity index (χ0n) is 10.9. The normalized spacial score (nSPS) is 11.1. The summed E-state index contributed by atoms with van der Waals surface area (Å²) in [6, 6.07) is 8.50. The molecule has 6 nitrogen and oxygen atoms in total. The largest absolute Gasteiger partial charge is 0.280 e. The first-order chi connectivity index (χ1) is 9.79. The van der Waals surface area contributed by atoms with Gasteiger partial charge in [-0.25, -0.2) is 12.8 Å². The Kier molecular flexibility index (Phi) is 3.90. The van der Waals surface area contributed by atoms with Crippen LogP contribution in [0.4, 0.5) is 15.8 Å². The van der Waals surface area contributed by atoms with Gasteiger partial charge in [-0.3, -0.25) is 14.8 Å². The Morgan fingerprint density at radius 1 is 1.19 bits per heavy atom. The van der Waals surface area contributed by atoms with Crippen molar-refractivity contribution in [3.05, 3.63) is 64.0 Å². The number of hydrogen-bond acceptors (Lipinski definition) is 4. The van der Waals surface area contributed by atoms with Crippen molar-refractivity contribution >= 4 is 21.4 Å². The Morgan fingerprint density at radius 2 is 1.90 bits per heavy atom. The summed E-state index contributed by atoms with van der Waals surface area (Å²) in [5.41, 5.74) is 0.0888. The van der Waals surface area contributed by atoms with Crippen LogP contribution in [-0.2, 0) is 10.0 Å². The molecule has 110 valence electrons. The van der Waals surface area contributed by atoms with Gasteiger partial charge in [0, 0.05) is 12.1 Å². The van der Waals surface area contributed by atoms with E-state index in [1.165, 1.54) is 30.3 Å². The molecule has 0 aliphatic carbocycles. The molecule has 0 aromatic heterocycles. The monoisotopic (exact) mass is 310 g/mol. The predicted molar refractivity (Wildman–Crippen MR) is 75.0 cm³/mol. The number of rotatable bonds is 4. The molecule has 0 unspecified atom stereocenters. The summed E-state index contributed by atoms with van der Waals surface area (Å²) < 4.78 is 39.8. The van der Waals surface area contributed by atoms with E-state index in [2.05, 4.69) is 4.72 Å². The number of sulfonamides is 1. The minimum Gasteiger partial charge on any atom is -0.280 e. The highest BCUT2D eigenvalue weighted by atomic mass is 32.2. The fraction of sp³-hybridized carbons (Fsp3) is 0.0769. The van der Waals surface area contributed by atoms with Gasteiger partial charge < -0.3 is 0 Å². The number of nitro benzene ring substituents is 1. The van der Waals surface area contributed by atoms with Crippen LogP contribution in [0.2, 0.25) is 0 Å². The van der Waals surface area contributed by atoms with Crippen LogP contribution in [0.5, 0.6) is 0 Å². The van der Waals surface area contributed by atoms with E-state index < -0.39 is 20.8 Å². The molecular formula is C13H11FN2O4S. The summed E-state index contributed by atoms with van der Waals surface area (Å²) in [5, 5.41) is 10.7. The molecule has 0 atom stereocenters. The Balaban J connectivity index is 2.36. The van der Waals surface area contributed by atoms with Gasteiger partial charge in [0.1, 0.15) is 5.82 Å². The van der Waals surface area contributed by atoms with Crippen LogP contribution in [0.3, 0.4) is 0 Å². The third-order valence-electron chi connectivity index (χ3n) is 2.76. The first-order valence-corrected chi connectivity index (χ1v) is 7.31. The van der Waals surface area contributed by atoms with Crippen LogP contribution in [0.25, 0.3) is 0 Å². The highest BCUT2D eigenvalue weighted by molar-refractivity contribution is 7.92. The van der Waals surface area contributed by atoms with E-state index in [-0.39, 0.29) is 16.3 Å². The van der Waals surface area contributed by atoms with Crippen molar-refractivity contribution in [3.63, 3.8) is 0 Å². The van der Waals surface area contributed by atoms with Gasteiger partial charge in [-0.2, -0.15) is 0 Å². The van der Waals surface area contributed by atoms with E-state index in [1.807, 2.05) is 0 Å². The summed E-state index contributed by atoms with van der Waals surface area (Å²) in [5.74, 6) is -0.547. The smallest absolute Gasteiger partial charge is 0.270 e. The number of halogens is 1. The molecule has 0 saturated carbocycles. The molecule has 2 rings (SSSR count). The first-order valence-electron chi connectivity index (χ1n) is 5.83. The summed E-state index contributed by atoms with van der Waals surface area (Å²) in [6.07, 6.45) is 0. The van der Waals surface area contributed by atoms with Crippen LogP contribution >= 0.6 is 0 Å².